The van der Waals surface area contributed by atoms with E-state index in [1.54, 1.807) is 0 Å². The van der Waals surface area contributed by atoms with Gasteiger partial charge in [-0.15, -0.1) is 0 Å². The average molecular weight is 193 g/mol. The van der Waals surface area contributed by atoms with E-state index in [9.17, 15) is 0 Å². The van der Waals surface area contributed by atoms with Crippen LogP contribution in [0.15, 0.2) is 18.3 Å². The lowest BCUT2D eigenvalue weighted by Gasteiger charge is -2.12. The standard InChI is InChI=1S/C11H19N3/c1-9-4-5-11(7-13-9)8-14-10(2)6-12-3/h4-5,7,10,12,14H,6,8H2,1-3H3. The largest absolute Gasteiger partial charge is 0.318 e. The molecular formula is C11H19N3. The van der Waals surface area contributed by atoms with Gasteiger partial charge in [0.1, 0.15) is 0 Å². The van der Waals surface area contributed by atoms with Gasteiger partial charge in [0.15, 0.2) is 0 Å². The van der Waals surface area contributed by atoms with E-state index < -0.39 is 0 Å². The predicted octanol–water partition coefficient (Wildman–Crippen LogP) is 1.09. The molecular weight excluding hydrogens is 174 g/mol. The Bertz CT molecular complexity index is 256. The van der Waals surface area contributed by atoms with Crippen molar-refractivity contribution in [2.75, 3.05) is 13.6 Å². The molecule has 0 fully saturated rings. The van der Waals surface area contributed by atoms with Gasteiger partial charge in [0.25, 0.3) is 0 Å². The minimum Gasteiger partial charge on any atom is -0.318 e. The third kappa shape index (κ3) is 3.85. The van der Waals surface area contributed by atoms with Gasteiger partial charge >= 0.3 is 0 Å². The molecule has 0 aliphatic heterocycles. The summed E-state index contributed by atoms with van der Waals surface area (Å²) in [6.45, 7) is 6.04. The second kappa shape index (κ2) is 5.73. The maximum absolute atomic E-state index is 4.25. The Morgan fingerprint density at radius 3 is 2.79 bits per heavy atom. The summed E-state index contributed by atoms with van der Waals surface area (Å²) >= 11 is 0. The molecule has 0 saturated heterocycles. The Hall–Kier alpha value is -0.930. The topological polar surface area (TPSA) is 37.0 Å². The molecule has 1 aromatic rings. The molecule has 0 saturated carbocycles. The highest BCUT2D eigenvalue weighted by atomic mass is 15.0. The number of pyridine rings is 1. The minimum atomic E-state index is 0.487. The van der Waals surface area contributed by atoms with E-state index in [0.717, 1.165) is 18.8 Å². The number of hydrogen-bond donors (Lipinski definition) is 2. The number of rotatable bonds is 5. The zero-order chi connectivity index (χ0) is 10.4. The van der Waals surface area contributed by atoms with Gasteiger partial charge in [-0.05, 0) is 32.5 Å². The van der Waals surface area contributed by atoms with Crippen molar-refractivity contribution in [2.24, 2.45) is 0 Å². The molecule has 0 aromatic carbocycles. The normalized spacial score (nSPS) is 12.8. The van der Waals surface area contributed by atoms with Gasteiger partial charge in [-0.25, -0.2) is 0 Å². The molecule has 1 heterocycles. The van der Waals surface area contributed by atoms with Crippen molar-refractivity contribution in [1.82, 2.24) is 15.6 Å². The van der Waals surface area contributed by atoms with Crippen LogP contribution in [0.3, 0.4) is 0 Å². The number of nitrogens with one attached hydrogen (secondary N) is 2. The molecule has 1 aromatic heterocycles. The van der Waals surface area contributed by atoms with Gasteiger partial charge in [0.2, 0.25) is 0 Å². The van der Waals surface area contributed by atoms with Crippen LogP contribution in [0.1, 0.15) is 18.2 Å². The quantitative estimate of drug-likeness (QED) is 0.735. The zero-order valence-corrected chi connectivity index (χ0v) is 9.17. The number of aryl methyl sites for hydroxylation is 1. The summed E-state index contributed by atoms with van der Waals surface area (Å²) in [6, 6.07) is 4.64. The first-order valence-electron chi connectivity index (χ1n) is 5.02. The number of aromatic nitrogens is 1. The van der Waals surface area contributed by atoms with Crippen LogP contribution < -0.4 is 10.6 Å². The van der Waals surface area contributed by atoms with Crippen LogP contribution in [0.2, 0.25) is 0 Å². The van der Waals surface area contributed by atoms with E-state index in [2.05, 4.69) is 28.6 Å². The fourth-order valence-electron chi connectivity index (χ4n) is 1.27. The van der Waals surface area contributed by atoms with Crippen LogP contribution in [0.5, 0.6) is 0 Å². The molecule has 1 rings (SSSR count). The molecule has 14 heavy (non-hydrogen) atoms. The summed E-state index contributed by atoms with van der Waals surface area (Å²) in [5, 5.41) is 6.55. The highest BCUT2D eigenvalue weighted by Gasteiger charge is 1.99. The van der Waals surface area contributed by atoms with Crippen molar-refractivity contribution < 1.29 is 0 Å². The van der Waals surface area contributed by atoms with E-state index >= 15 is 0 Å². The summed E-state index contributed by atoms with van der Waals surface area (Å²) < 4.78 is 0. The first-order chi connectivity index (χ1) is 6.72. The monoisotopic (exact) mass is 193 g/mol. The Morgan fingerprint density at radius 1 is 1.43 bits per heavy atom. The van der Waals surface area contributed by atoms with E-state index in [4.69, 9.17) is 0 Å². The van der Waals surface area contributed by atoms with Gasteiger partial charge in [0, 0.05) is 31.0 Å². The molecule has 1 unspecified atom stereocenters. The second-order valence-corrected chi connectivity index (χ2v) is 3.65. The second-order valence-electron chi connectivity index (χ2n) is 3.65. The highest BCUT2D eigenvalue weighted by Crippen LogP contribution is 1.98. The third-order valence-electron chi connectivity index (χ3n) is 2.14. The van der Waals surface area contributed by atoms with Crippen molar-refractivity contribution in [3.63, 3.8) is 0 Å². The van der Waals surface area contributed by atoms with Crippen LogP contribution in [-0.2, 0) is 6.54 Å². The Labute approximate surface area is 85.9 Å². The van der Waals surface area contributed by atoms with E-state index in [1.165, 1.54) is 5.56 Å². The fourth-order valence-corrected chi connectivity index (χ4v) is 1.27. The number of hydrogen-bond acceptors (Lipinski definition) is 3. The van der Waals surface area contributed by atoms with Gasteiger partial charge in [-0.3, -0.25) is 4.98 Å². The lowest BCUT2D eigenvalue weighted by atomic mass is 10.2. The minimum absolute atomic E-state index is 0.487. The van der Waals surface area contributed by atoms with Crippen molar-refractivity contribution in [2.45, 2.75) is 26.4 Å². The van der Waals surface area contributed by atoms with Gasteiger partial charge < -0.3 is 10.6 Å². The molecule has 0 bridgehead atoms. The average Bonchev–Trinajstić information content (AvgIpc) is 2.17. The van der Waals surface area contributed by atoms with Gasteiger partial charge in [-0.2, -0.15) is 0 Å². The first-order valence-corrected chi connectivity index (χ1v) is 5.02. The molecule has 0 spiro atoms. The smallest absolute Gasteiger partial charge is 0.0372 e. The van der Waals surface area contributed by atoms with E-state index in [-0.39, 0.29) is 0 Å². The van der Waals surface area contributed by atoms with E-state index in [0.29, 0.717) is 6.04 Å². The third-order valence-corrected chi connectivity index (χ3v) is 2.14. The Kier molecular flexibility index (Phi) is 4.56. The predicted molar refractivity (Wildman–Crippen MR) is 59.2 cm³/mol. The first kappa shape index (κ1) is 11.1. The molecule has 0 radical (unpaired) electrons. The zero-order valence-electron chi connectivity index (χ0n) is 9.17. The SMILES string of the molecule is CNCC(C)NCc1ccc(C)nc1. The molecule has 3 nitrogen and oxygen atoms in total. The van der Waals surface area contributed by atoms with Crippen molar-refractivity contribution in [1.29, 1.82) is 0 Å². The summed E-state index contributed by atoms with van der Waals surface area (Å²) in [5.74, 6) is 0. The summed E-state index contributed by atoms with van der Waals surface area (Å²) in [7, 11) is 1.96. The molecule has 78 valence electrons. The van der Waals surface area contributed by atoms with Crippen LogP contribution >= 0.6 is 0 Å². The number of nitrogens with zero attached hydrogens (tertiary/aromatic N) is 1. The maximum Gasteiger partial charge on any atom is 0.0372 e. The van der Waals surface area contributed by atoms with E-state index in [1.807, 2.05) is 26.2 Å². The summed E-state index contributed by atoms with van der Waals surface area (Å²) in [4.78, 5) is 4.25. The van der Waals surface area contributed by atoms with Crippen LogP contribution in [0.4, 0.5) is 0 Å². The Morgan fingerprint density at radius 2 is 2.21 bits per heavy atom. The Balaban J connectivity index is 2.34. The summed E-state index contributed by atoms with van der Waals surface area (Å²) in [5.41, 5.74) is 2.30. The maximum atomic E-state index is 4.25. The molecule has 1 atom stereocenters. The van der Waals surface area contributed by atoms with Crippen molar-refractivity contribution in [3.8, 4) is 0 Å². The van der Waals surface area contributed by atoms with Crippen LogP contribution in [0.25, 0.3) is 0 Å². The molecule has 2 N–H and O–H groups in total. The molecule has 0 aliphatic carbocycles. The highest BCUT2D eigenvalue weighted by molar-refractivity contribution is 5.12. The van der Waals surface area contributed by atoms with Crippen LogP contribution in [-0.4, -0.2) is 24.6 Å². The van der Waals surface area contributed by atoms with Crippen LogP contribution in [0, 0.1) is 6.92 Å². The summed E-state index contributed by atoms with van der Waals surface area (Å²) in [6.07, 6.45) is 1.93. The molecule has 3 heteroatoms. The molecule has 0 aliphatic rings. The van der Waals surface area contributed by atoms with Gasteiger partial charge in [-0.1, -0.05) is 6.07 Å². The number of likely N-dealkylation sites (N-methyl/N-ethyl adjacent to an activating group) is 1. The molecule has 0 amide bonds. The lowest BCUT2D eigenvalue weighted by molar-refractivity contribution is 0.522. The van der Waals surface area contributed by atoms with Crippen molar-refractivity contribution in [3.05, 3.63) is 29.6 Å². The fraction of sp³-hybridized carbons (Fsp3) is 0.545. The lowest BCUT2D eigenvalue weighted by Crippen LogP contribution is -2.34. The van der Waals surface area contributed by atoms with Crippen molar-refractivity contribution >= 4 is 0 Å². The van der Waals surface area contributed by atoms with Gasteiger partial charge in [0.05, 0.1) is 0 Å².